The number of para-hydroxylation sites is 1. The van der Waals surface area contributed by atoms with Gasteiger partial charge in [-0.3, -0.25) is 4.90 Å². The Hall–Kier alpha value is -1.82. The standard InChI is InChI=1S/C19H20Cl2FN3O/c20-16-2-1-3-17(21)18(16)23-19(26)25-12-10-24(11-13-25)9-8-14-4-6-15(22)7-5-14/h1-7H,8-13H2,(H,23,26). The summed E-state index contributed by atoms with van der Waals surface area (Å²) in [5, 5.41) is 3.64. The van der Waals surface area contributed by atoms with Gasteiger partial charge < -0.3 is 10.2 Å². The van der Waals surface area contributed by atoms with Crippen molar-refractivity contribution >= 4 is 34.9 Å². The van der Waals surface area contributed by atoms with Crippen LogP contribution in [-0.2, 0) is 6.42 Å². The normalized spacial score (nSPS) is 15.1. The second-order valence-corrected chi connectivity index (χ2v) is 7.05. The summed E-state index contributed by atoms with van der Waals surface area (Å²) < 4.78 is 12.9. The highest BCUT2D eigenvalue weighted by Crippen LogP contribution is 2.30. The topological polar surface area (TPSA) is 35.6 Å². The molecular formula is C19H20Cl2FN3O. The third kappa shape index (κ3) is 4.87. The van der Waals surface area contributed by atoms with E-state index in [1.807, 2.05) is 12.1 Å². The zero-order chi connectivity index (χ0) is 18.5. The van der Waals surface area contributed by atoms with Crippen LogP contribution in [0.25, 0.3) is 0 Å². The van der Waals surface area contributed by atoms with Crippen molar-refractivity contribution in [2.24, 2.45) is 0 Å². The van der Waals surface area contributed by atoms with Gasteiger partial charge in [0.1, 0.15) is 5.82 Å². The molecule has 2 amide bonds. The Morgan fingerprint density at radius 3 is 2.23 bits per heavy atom. The number of amides is 2. The molecule has 0 unspecified atom stereocenters. The zero-order valence-corrected chi connectivity index (χ0v) is 15.7. The van der Waals surface area contributed by atoms with Crippen LogP contribution in [0, 0.1) is 5.82 Å². The van der Waals surface area contributed by atoms with Crippen molar-refractivity contribution < 1.29 is 9.18 Å². The van der Waals surface area contributed by atoms with Crippen LogP contribution in [0.15, 0.2) is 42.5 Å². The van der Waals surface area contributed by atoms with E-state index in [9.17, 15) is 9.18 Å². The van der Waals surface area contributed by atoms with E-state index in [2.05, 4.69) is 10.2 Å². The maximum atomic E-state index is 12.9. The highest BCUT2D eigenvalue weighted by atomic mass is 35.5. The summed E-state index contributed by atoms with van der Waals surface area (Å²) in [5.74, 6) is -0.216. The smallest absolute Gasteiger partial charge is 0.322 e. The van der Waals surface area contributed by atoms with Gasteiger partial charge in [0.15, 0.2) is 0 Å². The molecule has 0 atom stereocenters. The number of benzene rings is 2. The number of halogens is 3. The summed E-state index contributed by atoms with van der Waals surface area (Å²) in [6, 6.07) is 11.5. The van der Waals surface area contributed by atoms with Gasteiger partial charge in [-0.05, 0) is 36.2 Å². The van der Waals surface area contributed by atoms with Crippen LogP contribution in [0.4, 0.5) is 14.9 Å². The number of hydrogen-bond acceptors (Lipinski definition) is 2. The molecule has 0 aromatic heterocycles. The van der Waals surface area contributed by atoms with Gasteiger partial charge in [-0.25, -0.2) is 9.18 Å². The van der Waals surface area contributed by atoms with E-state index >= 15 is 0 Å². The fourth-order valence-corrected chi connectivity index (χ4v) is 3.41. The number of nitrogens with zero attached hydrogens (tertiary/aromatic N) is 2. The predicted octanol–water partition coefficient (Wildman–Crippen LogP) is 4.52. The first-order valence-electron chi connectivity index (χ1n) is 8.49. The van der Waals surface area contributed by atoms with Crippen LogP contribution in [0.5, 0.6) is 0 Å². The van der Waals surface area contributed by atoms with Gasteiger partial charge in [-0.15, -0.1) is 0 Å². The van der Waals surface area contributed by atoms with Crippen molar-refractivity contribution in [2.45, 2.75) is 6.42 Å². The van der Waals surface area contributed by atoms with Crippen molar-refractivity contribution in [3.8, 4) is 0 Å². The van der Waals surface area contributed by atoms with Gasteiger partial charge in [0.25, 0.3) is 0 Å². The predicted molar refractivity (Wildman–Crippen MR) is 104 cm³/mol. The third-order valence-electron chi connectivity index (χ3n) is 4.48. The van der Waals surface area contributed by atoms with Crippen molar-refractivity contribution in [3.63, 3.8) is 0 Å². The Kier molecular flexibility index (Phi) is 6.35. The first-order chi connectivity index (χ1) is 12.5. The van der Waals surface area contributed by atoms with Gasteiger partial charge in [-0.2, -0.15) is 0 Å². The van der Waals surface area contributed by atoms with Crippen LogP contribution in [0.2, 0.25) is 10.0 Å². The van der Waals surface area contributed by atoms with Crippen molar-refractivity contribution in [1.29, 1.82) is 0 Å². The number of carbonyl (C=O) groups excluding carboxylic acids is 1. The van der Waals surface area contributed by atoms with E-state index in [4.69, 9.17) is 23.2 Å². The second-order valence-electron chi connectivity index (χ2n) is 6.23. The number of anilines is 1. The number of urea groups is 1. The Labute approximate surface area is 162 Å². The Morgan fingerprint density at radius 1 is 1.00 bits per heavy atom. The average Bonchev–Trinajstić information content (AvgIpc) is 2.65. The van der Waals surface area contributed by atoms with Crippen molar-refractivity contribution in [1.82, 2.24) is 9.80 Å². The number of nitrogens with one attached hydrogen (secondary N) is 1. The molecule has 0 radical (unpaired) electrons. The number of hydrogen-bond donors (Lipinski definition) is 1. The summed E-state index contributed by atoms with van der Waals surface area (Å²) in [6.45, 7) is 3.75. The van der Waals surface area contributed by atoms with Gasteiger partial charge in [0.2, 0.25) is 0 Å². The van der Waals surface area contributed by atoms with Crippen LogP contribution in [0.1, 0.15) is 5.56 Å². The van der Waals surface area contributed by atoms with Gasteiger partial charge in [-0.1, -0.05) is 41.4 Å². The summed E-state index contributed by atoms with van der Waals surface area (Å²) in [7, 11) is 0. The molecule has 138 valence electrons. The van der Waals surface area contributed by atoms with Crippen molar-refractivity contribution in [2.75, 3.05) is 38.0 Å². The molecule has 0 spiro atoms. The Morgan fingerprint density at radius 2 is 1.62 bits per heavy atom. The number of rotatable bonds is 4. The quantitative estimate of drug-likeness (QED) is 0.825. The van der Waals surface area contributed by atoms with Crippen LogP contribution in [0.3, 0.4) is 0 Å². The lowest BCUT2D eigenvalue weighted by molar-refractivity contribution is 0.148. The molecule has 2 aromatic rings. The summed E-state index contributed by atoms with van der Waals surface area (Å²) in [5.41, 5.74) is 1.56. The highest BCUT2D eigenvalue weighted by Gasteiger charge is 2.22. The van der Waals surface area contributed by atoms with Gasteiger partial charge >= 0.3 is 6.03 Å². The van der Waals surface area contributed by atoms with Crippen LogP contribution < -0.4 is 5.32 Å². The minimum atomic E-state index is -0.216. The molecule has 4 nitrogen and oxygen atoms in total. The van der Waals surface area contributed by atoms with Gasteiger partial charge in [0.05, 0.1) is 15.7 Å². The molecule has 1 saturated heterocycles. The van der Waals surface area contributed by atoms with E-state index < -0.39 is 0 Å². The van der Waals surface area contributed by atoms with Crippen molar-refractivity contribution in [3.05, 3.63) is 63.9 Å². The molecule has 0 aliphatic carbocycles. The average molecular weight is 396 g/mol. The Bertz CT molecular complexity index is 742. The maximum absolute atomic E-state index is 12.9. The van der Waals surface area contributed by atoms with E-state index in [-0.39, 0.29) is 11.8 Å². The largest absolute Gasteiger partial charge is 0.322 e. The van der Waals surface area contributed by atoms with E-state index in [0.29, 0.717) is 28.8 Å². The molecule has 7 heteroatoms. The van der Waals surface area contributed by atoms with E-state index in [0.717, 1.165) is 31.6 Å². The summed E-state index contributed by atoms with van der Waals surface area (Å²) in [4.78, 5) is 16.5. The van der Waals surface area contributed by atoms with Crippen LogP contribution >= 0.6 is 23.2 Å². The molecule has 0 bridgehead atoms. The first-order valence-corrected chi connectivity index (χ1v) is 9.25. The van der Waals surface area contributed by atoms with Gasteiger partial charge in [0, 0.05) is 32.7 Å². The number of piperazine rings is 1. The fraction of sp³-hybridized carbons (Fsp3) is 0.316. The molecule has 3 rings (SSSR count). The lowest BCUT2D eigenvalue weighted by Gasteiger charge is -2.34. The monoisotopic (exact) mass is 395 g/mol. The van der Waals surface area contributed by atoms with Crippen LogP contribution in [-0.4, -0.2) is 48.6 Å². The van der Waals surface area contributed by atoms with E-state index in [1.165, 1.54) is 12.1 Å². The summed E-state index contributed by atoms with van der Waals surface area (Å²) in [6.07, 6.45) is 0.863. The minimum absolute atomic E-state index is 0.196. The molecular weight excluding hydrogens is 376 g/mol. The second kappa shape index (κ2) is 8.71. The molecule has 1 fully saturated rings. The molecule has 0 saturated carbocycles. The minimum Gasteiger partial charge on any atom is -0.322 e. The lowest BCUT2D eigenvalue weighted by Crippen LogP contribution is -2.50. The molecule has 1 aliphatic heterocycles. The third-order valence-corrected chi connectivity index (χ3v) is 5.11. The molecule has 2 aromatic carbocycles. The SMILES string of the molecule is O=C(Nc1c(Cl)cccc1Cl)N1CCN(CCc2ccc(F)cc2)CC1. The first kappa shape index (κ1) is 19.0. The fourth-order valence-electron chi connectivity index (χ4n) is 2.92. The highest BCUT2D eigenvalue weighted by molar-refractivity contribution is 6.39. The molecule has 1 N–H and O–H groups in total. The van der Waals surface area contributed by atoms with E-state index in [1.54, 1.807) is 23.1 Å². The molecule has 26 heavy (non-hydrogen) atoms. The maximum Gasteiger partial charge on any atom is 0.322 e. The number of carbonyl (C=O) groups is 1. The Balaban J connectivity index is 1.47. The molecule has 1 heterocycles. The molecule has 1 aliphatic rings. The lowest BCUT2D eigenvalue weighted by atomic mass is 10.1. The zero-order valence-electron chi connectivity index (χ0n) is 14.2. The summed E-state index contributed by atoms with van der Waals surface area (Å²) >= 11 is 12.2.